The molecule has 0 saturated heterocycles. The molecule has 0 radical (unpaired) electrons. The van der Waals surface area contributed by atoms with Crippen LogP contribution in [0.2, 0.25) is 0 Å². The van der Waals surface area contributed by atoms with Crippen LogP contribution in [0.4, 0.5) is 0 Å². The van der Waals surface area contributed by atoms with Gasteiger partial charge in [-0.05, 0) is 30.2 Å². The minimum Gasteiger partial charge on any atom is -0.318 e. The van der Waals surface area contributed by atoms with E-state index >= 15 is 0 Å². The average molecular weight is 198 g/mol. The lowest BCUT2D eigenvalue weighted by Crippen LogP contribution is -2.34. The Morgan fingerprint density at radius 1 is 0.933 bits per heavy atom. The summed E-state index contributed by atoms with van der Waals surface area (Å²) in [5.74, 6) is 0. The van der Waals surface area contributed by atoms with Gasteiger partial charge in [-0.15, -0.1) is 0 Å². The second-order valence-corrected chi connectivity index (χ2v) is 3.80. The summed E-state index contributed by atoms with van der Waals surface area (Å²) in [7, 11) is 0. The van der Waals surface area contributed by atoms with Crippen molar-refractivity contribution in [3.05, 3.63) is 66.0 Å². The highest BCUT2D eigenvalue weighted by molar-refractivity contribution is 5.35. The zero-order valence-corrected chi connectivity index (χ0v) is 8.72. The molecule has 1 heterocycles. The van der Waals surface area contributed by atoms with E-state index in [4.69, 9.17) is 5.73 Å². The predicted octanol–water partition coefficient (Wildman–Crippen LogP) is 2.30. The monoisotopic (exact) mass is 198 g/mol. The largest absolute Gasteiger partial charge is 0.318 e. The summed E-state index contributed by atoms with van der Waals surface area (Å²) in [6.45, 7) is 2.01. The van der Waals surface area contributed by atoms with Crippen LogP contribution in [0.3, 0.4) is 0 Å². The molecule has 1 unspecified atom stereocenters. The Morgan fingerprint density at radius 3 is 2.07 bits per heavy atom. The highest BCUT2D eigenvalue weighted by Gasteiger charge is 2.22. The van der Waals surface area contributed by atoms with Gasteiger partial charge in [-0.3, -0.25) is 4.98 Å². The van der Waals surface area contributed by atoms with E-state index in [0.29, 0.717) is 0 Å². The van der Waals surface area contributed by atoms with Crippen molar-refractivity contribution in [3.63, 3.8) is 0 Å². The van der Waals surface area contributed by atoms with Gasteiger partial charge < -0.3 is 5.73 Å². The van der Waals surface area contributed by atoms with Gasteiger partial charge in [0, 0.05) is 12.4 Å². The van der Waals surface area contributed by atoms with Crippen molar-refractivity contribution in [2.75, 3.05) is 0 Å². The molecule has 2 N–H and O–H groups in total. The molecule has 76 valence electrons. The topological polar surface area (TPSA) is 38.9 Å². The molecular weight excluding hydrogens is 184 g/mol. The van der Waals surface area contributed by atoms with E-state index < -0.39 is 5.54 Å². The Balaban J connectivity index is 2.44. The summed E-state index contributed by atoms with van der Waals surface area (Å²) < 4.78 is 0. The van der Waals surface area contributed by atoms with Crippen molar-refractivity contribution in [1.82, 2.24) is 4.98 Å². The zero-order chi connectivity index (χ0) is 10.7. The summed E-state index contributed by atoms with van der Waals surface area (Å²) in [5, 5.41) is 0. The second-order valence-electron chi connectivity index (χ2n) is 3.80. The van der Waals surface area contributed by atoms with E-state index in [0.717, 1.165) is 11.1 Å². The molecule has 2 heteroatoms. The van der Waals surface area contributed by atoms with E-state index in [2.05, 4.69) is 4.98 Å². The van der Waals surface area contributed by atoms with Gasteiger partial charge in [0.1, 0.15) is 0 Å². The quantitative estimate of drug-likeness (QED) is 0.804. The minimum atomic E-state index is -0.454. The fraction of sp³-hybridized carbons (Fsp3) is 0.154. The summed E-state index contributed by atoms with van der Waals surface area (Å²) in [6, 6.07) is 14.0. The number of pyridine rings is 1. The third-order valence-electron chi connectivity index (χ3n) is 2.65. The molecular formula is C13H14N2. The molecule has 0 aliphatic rings. The molecule has 15 heavy (non-hydrogen) atoms. The van der Waals surface area contributed by atoms with E-state index in [9.17, 15) is 0 Å². The first-order valence-electron chi connectivity index (χ1n) is 4.96. The number of aromatic nitrogens is 1. The van der Waals surface area contributed by atoms with Gasteiger partial charge in [-0.25, -0.2) is 0 Å². The van der Waals surface area contributed by atoms with Crippen LogP contribution >= 0.6 is 0 Å². The smallest absolute Gasteiger partial charge is 0.0638 e. The fourth-order valence-corrected chi connectivity index (χ4v) is 1.65. The SMILES string of the molecule is CC(N)(c1ccccc1)c1ccncc1. The van der Waals surface area contributed by atoms with Gasteiger partial charge in [0.2, 0.25) is 0 Å². The third-order valence-corrected chi connectivity index (χ3v) is 2.65. The molecule has 2 rings (SSSR count). The van der Waals surface area contributed by atoms with Crippen LogP contribution in [0, 0.1) is 0 Å². The molecule has 0 fully saturated rings. The summed E-state index contributed by atoms with van der Waals surface area (Å²) in [4.78, 5) is 4.00. The molecule has 0 aliphatic heterocycles. The van der Waals surface area contributed by atoms with Crippen LogP contribution in [0.15, 0.2) is 54.9 Å². The lowest BCUT2D eigenvalue weighted by molar-refractivity contribution is 0.602. The maximum absolute atomic E-state index is 6.33. The van der Waals surface area contributed by atoms with E-state index in [-0.39, 0.29) is 0 Å². The molecule has 0 bridgehead atoms. The normalized spacial score (nSPS) is 14.5. The van der Waals surface area contributed by atoms with Gasteiger partial charge in [0.05, 0.1) is 5.54 Å². The molecule has 2 aromatic rings. The van der Waals surface area contributed by atoms with E-state index in [1.807, 2.05) is 49.4 Å². The predicted molar refractivity (Wildman–Crippen MR) is 61.3 cm³/mol. The Hall–Kier alpha value is -1.67. The molecule has 0 aliphatic carbocycles. The van der Waals surface area contributed by atoms with Crippen LogP contribution in [-0.2, 0) is 5.54 Å². The lowest BCUT2D eigenvalue weighted by Gasteiger charge is -2.25. The maximum Gasteiger partial charge on any atom is 0.0638 e. The number of hydrogen-bond acceptors (Lipinski definition) is 2. The summed E-state index contributed by atoms with van der Waals surface area (Å²) >= 11 is 0. The number of hydrogen-bond donors (Lipinski definition) is 1. The highest BCUT2D eigenvalue weighted by atomic mass is 14.7. The highest BCUT2D eigenvalue weighted by Crippen LogP contribution is 2.25. The van der Waals surface area contributed by atoms with Crippen LogP contribution in [0.1, 0.15) is 18.1 Å². The molecule has 0 saturated carbocycles. The number of nitrogens with zero attached hydrogens (tertiary/aromatic N) is 1. The molecule has 0 amide bonds. The summed E-state index contributed by atoms with van der Waals surface area (Å²) in [6.07, 6.45) is 3.53. The van der Waals surface area contributed by atoms with Gasteiger partial charge in [0.15, 0.2) is 0 Å². The van der Waals surface area contributed by atoms with Crippen LogP contribution in [-0.4, -0.2) is 4.98 Å². The first-order valence-corrected chi connectivity index (χ1v) is 4.96. The second kappa shape index (κ2) is 3.83. The molecule has 1 aromatic heterocycles. The van der Waals surface area contributed by atoms with Gasteiger partial charge in [-0.2, -0.15) is 0 Å². The maximum atomic E-state index is 6.33. The van der Waals surface area contributed by atoms with Gasteiger partial charge in [-0.1, -0.05) is 30.3 Å². The van der Waals surface area contributed by atoms with Crippen molar-refractivity contribution in [1.29, 1.82) is 0 Å². The van der Waals surface area contributed by atoms with Gasteiger partial charge >= 0.3 is 0 Å². The van der Waals surface area contributed by atoms with Crippen molar-refractivity contribution < 1.29 is 0 Å². The van der Waals surface area contributed by atoms with Gasteiger partial charge in [0.25, 0.3) is 0 Å². The summed E-state index contributed by atoms with van der Waals surface area (Å²) in [5.41, 5.74) is 8.06. The number of nitrogens with two attached hydrogens (primary N) is 1. The van der Waals surface area contributed by atoms with Crippen molar-refractivity contribution >= 4 is 0 Å². The Labute approximate surface area is 89.8 Å². The Morgan fingerprint density at radius 2 is 1.47 bits per heavy atom. The minimum absolute atomic E-state index is 0.454. The van der Waals surface area contributed by atoms with Crippen LogP contribution in [0.5, 0.6) is 0 Å². The van der Waals surface area contributed by atoms with E-state index in [1.54, 1.807) is 12.4 Å². The average Bonchev–Trinajstić information content (AvgIpc) is 2.31. The lowest BCUT2D eigenvalue weighted by atomic mass is 9.86. The van der Waals surface area contributed by atoms with Crippen LogP contribution < -0.4 is 5.73 Å². The molecule has 1 atom stereocenters. The first kappa shape index (κ1) is 9.87. The first-order chi connectivity index (χ1) is 7.21. The van der Waals surface area contributed by atoms with Crippen molar-refractivity contribution in [2.24, 2.45) is 5.73 Å². The standard InChI is InChI=1S/C13H14N2/c1-13(14,11-5-3-2-4-6-11)12-7-9-15-10-8-12/h2-10H,14H2,1H3. The zero-order valence-electron chi connectivity index (χ0n) is 8.72. The number of rotatable bonds is 2. The molecule has 2 nitrogen and oxygen atoms in total. The van der Waals surface area contributed by atoms with Crippen LogP contribution in [0.25, 0.3) is 0 Å². The molecule has 0 spiro atoms. The number of benzene rings is 1. The Bertz CT molecular complexity index is 379. The van der Waals surface area contributed by atoms with Crippen molar-refractivity contribution in [2.45, 2.75) is 12.5 Å². The Kier molecular flexibility index (Phi) is 2.52. The van der Waals surface area contributed by atoms with Crippen molar-refractivity contribution in [3.8, 4) is 0 Å². The van der Waals surface area contributed by atoms with E-state index in [1.165, 1.54) is 0 Å². The fourth-order valence-electron chi connectivity index (χ4n) is 1.65. The third kappa shape index (κ3) is 1.90. The molecule has 1 aromatic carbocycles.